The van der Waals surface area contributed by atoms with Gasteiger partial charge in [0, 0.05) is 11.8 Å². The highest BCUT2D eigenvalue weighted by Crippen LogP contribution is 2.11. The van der Waals surface area contributed by atoms with E-state index in [0.717, 1.165) is 0 Å². The number of pyridine rings is 1. The van der Waals surface area contributed by atoms with E-state index >= 15 is 0 Å². The van der Waals surface area contributed by atoms with Crippen LogP contribution < -0.4 is 4.74 Å². The molecule has 4 heteroatoms. The molecular formula is C11H16N2O2. The summed E-state index contributed by atoms with van der Waals surface area (Å²) in [5, 5.41) is 0. The summed E-state index contributed by atoms with van der Waals surface area (Å²) in [7, 11) is 3.72. The van der Waals surface area contributed by atoms with Gasteiger partial charge >= 0.3 is 0 Å². The van der Waals surface area contributed by atoms with Crippen LogP contribution in [0.4, 0.5) is 0 Å². The molecule has 0 bridgehead atoms. The first kappa shape index (κ1) is 11.7. The molecule has 1 aromatic rings. The second-order valence-corrected chi connectivity index (χ2v) is 3.50. The Morgan fingerprint density at radius 3 is 2.80 bits per heavy atom. The van der Waals surface area contributed by atoms with Crippen molar-refractivity contribution in [2.75, 3.05) is 27.2 Å². The molecule has 0 spiro atoms. The van der Waals surface area contributed by atoms with Crippen molar-refractivity contribution in [3.63, 3.8) is 0 Å². The third-order valence-corrected chi connectivity index (χ3v) is 1.81. The van der Waals surface area contributed by atoms with Crippen LogP contribution in [0.25, 0.3) is 0 Å². The molecule has 82 valence electrons. The number of rotatable bonds is 5. The van der Waals surface area contributed by atoms with Gasteiger partial charge in [-0.05, 0) is 27.1 Å². The first-order valence-electron chi connectivity index (χ1n) is 4.89. The van der Waals surface area contributed by atoms with E-state index in [0.29, 0.717) is 24.5 Å². The van der Waals surface area contributed by atoms with E-state index in [9.17, 15) is 4.79 Å². The smallest absolute Gasteiger partial charge is 0.178 e. The Labute approximate surface area is 89.9 Å². The molecule has 1 heterocycles. The van der Waals surface area contributed by atoms with E-state index in [1.807, 2.05) is 25.9 Å². The van der Waals surface area contributed by atoms with Crippen LogP contribution in [0.5, 0.6) is 5.75 Å². The Bertz CT molecular complexity index is 337. The maximum atomic E-state index is 11.7. The zero-order valence-corrected chi connectivity index (χ0v) is 9.36. The largest absolute Gasteiger partial charge is 0.492 e. The number of ketones is 1. The number of aromatic nitrogens is 1. The quantitative estimate of drug-likeness (QED) is 0.682. The lowest BCUT2D eigenvalue weighted by atomic mass is 10.2. The Morgan fingerprint density at radius 2 is 2.20 bits per heavy atom. The zero-order chi connectivity index (χ0) is 11.3. The second kappa shape index (κ2) is 5.46. The third-order valence-electron chi connectivity index (χ3n) is 1.81. The molecule has 0 amide bonds. The molecule has 1 aromatic heterocycles. The van der Waals surface area contributed by atoms with Crippen molar-refractivity contribution in [1.82, 2.24) is 9.88 Å². The van der Waals surface area contributed by atoms with Crippen LogP contribution in [0.2, 0.25) is 0 Å². The number of hydrogen-bond donors (Lipinski definition) is 0. The highest BCUT2D eigenvalue weighted by atomic mass is 16.5. The van der Waals surface area contributed by atoms with Crippen molar-refractivity contribution >= 4 is 5.78 Å². The Morgan fingerprint density at radius 1 is 1.47 bits per heavy atom. The minimum Gasteiger partial charge on any atom is -0.492 e. The van der Waals surface area contributed by atoms with Crippen LogP contribution in [0, 0.1) is 0 Å². The number of carbonyl (C=O) groups excluding carboxylic acids is 1. The van der Waals surface area contributed by atoms with Gasteiger partial charge < -0.3 is 9.64 Å². The van der Waals surface area contributed by atoms with Gasteiger partial charge in [0.05, 0.1) is 19.3 Å². The van der Waals surface area contributed by atoms with Crippen LogP contribution in [0.1, 0.15) is 17.3 Å². The highest BCUT2D eigenvalue weighted by molar-refractivity contribution is 5.97. The Balaban J connectivity index is 2.76. The fraction of sp³-hybridized carbons (Fsp3) is 0.455. The third kappa shape index (κ3) is 3.67. The first-order valence-corrected chi connectivity index (χ1v) is 4.89. The lowest BCUT2D eigenvalue weighted by Crippen LogP contribution is -2.21. The summed E-state index contributed by atoms with van der Waals surface area (Å²) >= 11 is 0. The van der Waals surface area contributed by atoms with Gasteiger partial charge in [-0.2, -0.15) is 0 Å². The van der Waals surface area contributed by atoms with Crippen LogP contribution in [0.15, 0.2) is 18.5 Å². The van der Waals surface area contributed by atoms with Gasteiger partial charge in [-0.1, -0.05) is 0 Å². The average Bonchev–Trinajstić information content (AvgIpc) is 2.17. The highest BCUT2D eigenvalue weighted by Gasteiger charge is 2.08. The summed E-state index contributed by atoms with van der Waals surface area (Å²) < 4.78 is 5.27. The van der Waals surface area contributed by atoms with Crippen molar-refractivity contribution < 1.29 is 9.53 Å². The van der Waals surface area contributed by atoms with Crippen LogP contribution in [-0.2, 0) is 0 Å². The maximum Gasteiger partial charge on any atom is 0.178 e. The van der Waals surface area contributed by atoms with Gasteiger partial charge in [0.2, 0.25) is 0 Å². The van der Waals surface area contributed by atoms with Crippen molar-refractivity contribution in [2.24, 2.45) is 0 Å². The second-order valence-electron chi connectivity index (χ2n) is 3.50. The number of hydrogen-bond acceptors (Lipinski definition) is 4. The first-order chi connectivity index (χ1) is 7.13. The molecule has 4 nitrogen and oxygen atoms in total. The molecule has 0 aliphatic carbocycles. The Kier molecular flexibility index (Phi) is 4.24. The van der Waals surface area contributed by atoms with Gasteiger partial charge in [0.1, 0.15) is 5.75 Å². The van der Waals surface area contributed by atoms with Crippen LogP contribution >= 0.6 is 0 Å². The minimum absolute atomic E-state index is 0.0500. The number of Topliss-reactive ketones (excluding diaryl/α,β-unsaturated/α-hetero) is 1. The molecular weight excluding hydrogens is 192 g/mol. The van der Waals surface area contributed by atoms with Crippen LogP contribution in [0.3, 0.4) is 0 Å². The van der Waals surface area contributed by atoms with E-state index < -0.39 is 0 Å². The molecule has 0 aliphatic rings. The molecule has 0 fully saturated rings. The van der Waals surface area contributed by atoms with E-state index in [4.69, 9.17) is 4.74 Å². The van der Waals surface area contributed by atoms with Crippen molar-refractivity contribution in [1.29, 1.82) is 0 Å². The van der Waals surface area contributed by atoms with Crippen molar-refractivity contribution in [3.05, 3.63) is 24.0 Å². The van der Waals surface area contributed by atoms with Crippen LogP contribution in [-0.4, -0.2) is 42.9 Å². The molecule has 0 atom stereocenters. The summed E-state index contributed by atoms with van der Waals surface area (Å²) in [5.41, 5.74) is 0.592. The van der Waals surface area contributed by atoms with E-state index in [1.54, 1.807) is 18.5 Å². The van der Waals surface area contributed by atoms with Crippen molar-refractivity contribution in [2.45, 2.75) is 6.92 Å². The number of ether oxygens (including phenoxy) is 1. The van der Waals surface area contributed by atoms with E-state index in [2.05, 4.69) is 4.98 Å². The standard InChI is InChI=1S/C11H16N2O2/c1-4-15-10-5-9(6-12-7-10)11(14)8-13(2)3/h5-7H,4,8H2,1-3H3. The molecule has 0 radical (unpaired) electrons. The number of carbonyl (C=O) groups is 1. The molecule has 0 unspecified atom stereocenters. The van der Waals surface area contributed by atoms with Gasteiger partial charge in [0.15, 0.2) is 5.78 Å². The zero-order valence-electron chi connectivity index (χ0n) is 9.36. The van der Waals surface area contributed by atoms with Gasteiger partial charge in [-0.3, -0.25) is 9.78 Å². The lowest BCUT2D eigenvalue weighted by molar-refractivity contribution is 0.0957. The molecule has 0 aromatic carbocycles. The van der Waals surface area contributed by atoms with Gasteiger partial charge in [0.25, 0.3) is 0 Å². The van der Waals surface area contributed by atoms with Crippen molar-refractivity contribution in [3.8, 4) is 5.75 Å². The molecule has 15 heavy (non-hydrogen) atoms. The molecule has 0 saturated carbocycles. The molecule has 0 aliphatic heterocycles. The minimum atomic E-state index is 0.0500. The Hall–Kier alpha value is -1.42. The SMILES string of the molecule is CCOc1cncc(C(=O)CN(C)C)c1. The predicted octanol–water partition coefficient (Wildman–Crippen LogP) is 1.22. The summed E-state index contributed by atoms with van der Waals surface area (Å²) in [4.78, 5) is 17.5. The fourth-order valence-electron chi connectivity index (χ4n) is 1.20. The molecule has 0 N–H and O–H groups in total. The summed E-state index contributed by atoms with van der Waals surface area (Å²) in [6, 6.07) is 1.72. The normalized spacial score (nSPS) is 10.4. The monoisotopic (exact) mass is 208 g/mol. The van der Waals surface area contributed by atoms with Gasteiger partial charge in [-0.25, -0.2) is 0 Å². The topological polar surface area (TPSA) is 42.4 Å². The molecule has 0 saturated heterocycles. The number of likely N-dealkylation sites (N-methyl/N-ethyl adjacent to an activating group) is 1. The number of nitrogens with zero attached hydrogens (tertiary/aromatic N) is 2. The molecule has 1 rings (SSSR count). The van der Waals surface area contributed by atoms with Gasteiger partial charge in [-0.15, -0.1) is 0 Å². The lowest BCUT2D eigenvalue weighted by Gasteiger charge is -2.09. The average molecular weight is 208 g/mol. The fourth-order valence-corrected chi connectivity index (χ4v) is 1.20. The van der Waals surface area contributed by atoms with E-state index in [1.165, 1.54) is 0 Å². The maximum absolute atomic E-state index is 11.7. The summed E-state index contributed by atoms with van der Waals surface area (Å²) in [5.74, 6) is 0.691. The summed E-state index contributed by atoms with van der Waals surface area (Å²) in [6.07, 6.45) is 3.17. The summed E-state index contributed by atoms with van der Waals surface area (Å²) in [6.45, 7) is 2.86. The predicted molar refractivity (Wildman–Crippen MR) is 58.3 cm³/mol. The van der Waals surface area contributed by atoms with E-state index in [-0.39, 0.29) is 5.78 Å².